The Bertz CT molecular complexity index is 525. The Labute approximate surface area is 127 Å². The van der Waals surface area contributed by atoms with Crippen LogP contribution in [0.25, 0.3) is 0 Å². The van der Waals surface area contributed by atoms with Gasteiger partial charge in [0.1, 0.15) is 5.60 Å². The van der Waals surface area contributed by atoms with Crippen molar-refractivity contribution in [2.75, 3.05) is 27.2 Å². The second-order valence-electron chi connectivity index (χ2n) is 6.06. The molecule has 110 valence electrons. The molecular weight excluding hydrogens is 258 g/mol. The van der Waals surface area contributed by atoms with E-state index in [0.717, 1.165) is 19.6 Å². The highest BCUT2D eigenvalue weighted by Crippen LogP contribution is 2.46. The summed E-state index contributed by atoms with van der Waals surface area (Å²) in [5, 5.41) is 0. The lowest BCUT2D eigenvalue weighted by Gasteiger charge is -2.37. The van der Waals surface area contributed by atoms with Crippen molar-refractivity contribution >= 4 is 0 Å². The molecule has 1 aliphatic heterocycles. The first-order valence-electron chi connectivity index (χ1n) is 7.63. The van der Waals surface area contributed by atoms with Gasteiger partial charge < -0.3 is 9.64 Å². The number of hydrogen-bond donors (Lipinski definition) is 0. The highest BCUT2D eigenvalue weighted by atomic mass is 16.5. The third-order valence-electron chi connectivity index (χ3n) is 4.36. The van der Waals surface area contributed by atoms with Crippen molar-refractivity contribution < 1.29 is 4.74 Å². The van der Waals surface area contributed by atoms with Crippen LogP contribution in [0.1, 0.15) is 17.5 Å². The van der Waals surface area contributed by atoms with Crippen molar-refractivity contribution in [2.24, 2.45) is 5.92 Å². The summed E-state index contributed by atoms with van der Waals surface area (Å²) in [6, 6.07) is 21.3. The summed E-state index contributed by atoms with van der Waals surface area (Å²) >= 11 is 0. The predicted molar refractivity (Wildman–Crippen MR) is 86.3 cm³/mol. The molecule has 1 atom stereocenters. The molecule has 2 aromatic carbocycles. The molecule has 0 bridgehead atoms. The van der Waals surface area contributed by atoms with E-state index in [1.807, 2.05) is 0 Å². The molecule has 1 heterocycles. The molecule has 1 saturated heterocycles. The van der Waals surface area contributed by atoms with E-state index >= 15 is 0 Å². The summed E-state index contributed by atoms with van der Waals surface area (Å²) in [7, 11) is 4.28. The average Bonchev–Trinajstić information content (AvgIpc) is 2.93. The largest absolute Gasteiger partial charge is 0.365 e. The molecule has 2 nitrogen and oxygen atoms in total. The molecule has 0 aliphatic carbocycles. The van der Waals surface area contributed by atoms with Crippen molar-refractivity contribution in [1.29, 1.82) is 0 Å². The lowest BCUT2D eigenvalue weighted by molar-refractivity contribution is 0.00438. The van der Waals surface area contributed by atoms with E-state index in [-0.39, 0.29) is 5.60 Å². The molecule has 0 aromatic heterocycles. The fraction of sp³-hybridized carbons (Fsp3) is 0.368. The predicted octanol–water partition coefficient (Wildman–Crippen LogP) is 3.53. The first-order valence-corrected chi connectivity index (χ1v) is 7.63. The van der Waals surface area contributed by atoms with Gasteiger partial charge in [-0.2, -0.15) is 0 Å². The smallest absolute Gasteiger partial charge is 0.122 e. The van der Waals surface area contributed by atoms with Crippen LogP contribution in [0.3, 0.4) is 0 Å². The van der Waals surface area contributed by atoms with Gasteiger partial charge in [0.05, 0.1) is 0 Å². The van der Waals surface area contributed by atoms with E-state index in [1.165, 1.54) is 11.1 Å². The molecule has 2 heteroatoms. The number of ether oxygens (including phenoxy) is 1. The Kier molecular flexibility index (Phi) is 4.09. The van der Waals surface area contributed by atoms with Gasteiger partial charge in [-0.1, -0.05) is 60.7 Å². The Morgan fingerprint density at radius 1 is 0.952 bits per heavy atom. The van der Waals surface area contributed by atoms with E-state index in [9.17, 15) is 0 Å². The molecule has 0 amide bonds. The summed E-state index contributed by atoms with van der Waals surface area (Å²) in [4.78, 5) is 2.26. The van der Waals surface area contributed by atoms with Gasteiger partial charge >= 0.3 is 0 Å². The molecule has 21 heavy (non-hydrogen) atoms. The lowest BCUT2D eigenvalue weighted by atomic mass is 9.76. The number of rotatable bonds is 4. The van der Waals surface area contributed by atoms with Crippen LogP contribution in [0.15, 0.2) is 60.7 Å². The zero-order valence-electron chi connectivity index (χ0n) is 12.8. The maximum absolute atomic E-state index is 6.40. The van der Waals surface area contributed by atoms with Crippen LogP contribution in [0.5, 0.6) is 0 Å². The zero-order chi connectivity index (χ0) is 14.7. The Morgan fingerprint density at radius 2 is 1.48 bits per heavy atom. The first-order chi connectivity index (χ1) is 10.2. The number of nitrogens with zero attached hydrogens (tertiary/aromatic N) is 1. The van der Waals surface area contributed by atoms with Gasteiger partial charge in [0.25, 0.3) is 0 Å². The van der Waals surface area contributed by atoms with Crippen LogP contribution in [0.2, 0.25) is 0 Å². The van der Waals surface area contributed by atoms with Crippen LogP contribution in [-0.2, 0) is 10.3 Å². The maximum Gasteiger partial charge on any atom is 0.122 e. The van der Waals surface area contributed by atoms with Gasteiger partial charge in [0, 0.05) is 19.1 Å². The first kappa shape index (κ1) is 14.3. The van der Waals surface area contributed by atoms with Gasteiger partial charge in [0.15, 0.2) is 0 Å². The molecule has 3 rings (SSSR count). The van der Waals surface area contributed by atoms with Gasteiger partial charge in [-0.3, -0.25) is 0 Å². The zero-order valence-corrected chi connectivity index (χ0v) is 12.8. The molecule has 0 N–H and O–H groups in total. The summed E-state index contributed by atoms with van der Waals surface area (Å²) in [6.45, 7) is 1.85. The minimum atomic E-state index is -0.313. The normalized spacial score (nSPS) is 20.8. The van der Waals surface area contributed by atoms with Crippen molar-refractivity contribution in [1.82, 2.24) is 4.90 Å². The van der Waals surface area contributed by atoms with Gasteiger partial charge in [-0.15, -0.1) is 0 Å². The van der Waals surface area contributed by atoms with Crippen molar-refractivity contribution in [3.8, 4) is 0 Å². The fourth-order valence-electron chi connectivity index (χ4n) is 3.52. The third kappa shape index (κ3) is 2.61. The van der Waals surface area contributed by atoms with E-state index < -0.39 is 0 Å². The molecular formula is C19H23NO. The summed E-state index contributed by atoms with van der Waals surface area (Å²) in [5.41, 5.74) is 2.22. The Hall–Kier alpha value is -1.64. The van der Waals surface area contributed by atoms with Crippen LogP contribution < -0.4 is 0 Å². The van der Waals surface area contributed by atoms with Gasteiger partial charge in [0.2, 0.25) is 0 Å². The van der Waals surface area contributed by atoms with Gasteiger partial charge in [-0.25, -0.2) is 0 Å². The van der Waals surface area contributed by atoms with Crippen LogP contribution in [0, 0.1) is 5.92 Å². The lowest BCUT2D eigenvalue weighted by Crippen LogP contribution is -2.39. The fourth-order valence-corrected chi connectivity index (χ4v) is 3.52. The molecule has 0 saturated carbocycles. The molecule has 1 fully saturated rings. The monoisotopic (exact) mass is 281 g/mol. The highest BCUT2D eigenvalue weighted by molar-refractivity contribution is 5.38. The van der Waals surface area contributed by atoms with Crippen LogP contribution in [-0.4, -0.2) is 32.1 Å². The van der Waals surface area contributed by atoms with E-state index in [1.54, 1.807) is 0 Å². The maximum atomic E-state index is 6.40. The minimum Gasteiger partial charge on any atom is -0.365 e. The van der Waals surface area contributed by atoms with E-state index in [2.05, 4.69) is 79.7 Å². The summed E-state index contributed by atoms with van der Waals surface area (Å²) in [5.74, 6) is 0.470. The minimum absolute atomic E-state index is 0.313. The Balaban J connectivity index is 2.11. The van der Waals surface area contributed by atoms with E-state index in [0.29, 0.717) is 5.92 Å². The molecule has 2 aromatic rings. The quantitative estimate of drug-likeness (QED) is 0.850. The SMILES string of the molecule is CN(C)C[C@H]1CCOC1(c1ccccc1)c1ccccc1. The topological polar surface area (TPSA) is 12.5 Å². The second kappa shape index (κ2) is 6.00. The molecule has 0 unspecified atom stereocenters. The molecule has 0 spiro atoms. The number of hydrogen-bond acceptors (Lipinski definition) is 2. The van der Waals surface area contributed by atoms with Gasteiger partial charge in [-0.05, 0) is 31.6 Å². The second-order valence-corrected chi connectivity index (χ2v) is 6.06. The third-order valence-corrected chi connectivity index (χ3v) is 4.36. The van der Waals surface area contributed by atoms with Crippen LogP contribution in [0.4, 0.5) is 0 Å². The molecule has 0 radical (unpaired) electrons. The standard InChI is InChI=1S/C19H23NO/c1-20(2)15-18-13-14-21-19(18,16-9-5-3-6-10-16)17-11-7-4-8-12-17/h3-12,18H,13-15H2,1-2H3/t18-/m1/s1. The van der Waals surface area contributed by atoms with Crippen molar-refractivity contribution in [3.05, 3.63) is 71.8 Å². The van der Waals surface area contributed by atoms with E-state index in [4.69, 9.17) is 4.74 Å². The van der Waals surface area contributed by atoms with Crippen molar-refractivity contribution in [2.45, 2.75) is 12.0 Å². The molecule has 1 aliphatic rings. The number of benzene rings is 2. The van der Waals surface area contributed by atoms with Crippen molar-refractivity contribution in [3.63, 3.8) is 0 Å². The van der Waals surface area contributed by atoms with Crippen LogP contribution >= 0.6 is 0 Å². The summed E-state index contributed by atoms with van der Waals surface area (Å²) < 4.78 is 6.40. The Morgan fingerprint density at radius 3 is 1.95 bits per heavy atom. The average molecular weight is 281 g/mol. The summed E-state index contributed by atoms with van der Waals surface area (Å²) in [6.07, 6.45) is 1.10. The highest BCUT2D eigenvalue weighted by Gasteiger charge is 2.47.